The van der Waals surface area contributed by atoms with Gasteiger partial charge in [0, 0.05) is 11.6 Å². The number of ether oxygens (including phenoxy) is 1. The average Bonchev–Trinajstić information content (AvgIpc) is 2.40. The maximum atomic E-state index is 12.0. The van der Waals surface area contributed by atoms with Gasteiger partial charge in [-0.2, -0.15) is 5.26 Å². The van der Waals surface area contributed by atoms with Crippen molar-refractivity contribution in [3.05, 3.63) is 28.8 Å². The van der Waals surface area contributed by atoms with Crippen molar-refractivity contribution in [2.24, 2.45) is 0 Å². The van der Waals surface area contributed by atoms with E-state index in [9.17, 15) is 4.79 Å². The molecule has 18 heavy (non-hydrogen) atoms. The molecule has 1 aliphatic rings. The van der Waals surface area contributed by atoms with Gasteiger partial charge in [-0.25, -0.2) is 0 Å². The number of nitrogens with zero attached hydrogens (tertiary/aromatic N) is 1. The first-order valence-corrected chi connectivity index (χ1v) is 6.20. The molecule has 1 N–H and O–H groups in total. The molecule has 0 aromatic heterocycles. The summed E-state index contributed by atoms with van der Waals surface area (Å²) in [6.07, 6.45) is 2.27. The molecule has 0 aliphatic carbocycles. The van der Waals surface area contributed by atoms with Gasteiger partial charge in [0.25, 0.3) is 5.91 Å². The predicted molar refractivity (Wildman–Crippen MR) is 68.4 cm³/mol. The van der Waals surface area contributed by atoms with Crippen molar-refractivity contribution in [1.29, 1.82) is 5.26 Å². The first kappa shape index (κ1) is 12.9. The molecule has 1 aromatic carbocycles. The van der Waals surface area contributed by atoms with Crippen LogP contribution in [0.3, 0.4) is 0 Å². The van der Waals surface area contributed by atoms with Crippen LogP contribution in [0.25, 0.3) is 0 Å². The van der Waals surface area contributed by atoms with Gasteiger partial charge in [-0.15, -0.1) is 0 Å². The zero-order valence-electron chi connectivity index (χ0n) is 9.78. The quantitative estimate of drug-likeness (QED) is 0.893. The summed E-state index contributed by atoms with van der Waals surface area (Å²) in [6, 6.07) is 6.79. The summed E-state index contributed by atoms with van der Waals surface area (Å²) in [5.74, 6) is -0.214. The SMILES string of the molecule is N#Cc1ccc(Cl)cc1NC(=O)C1CCCCO1. The van der Waals surface area contributed by atoms with E-state index in [0.717, 1.165) is 12.8 Å². The van der Waals surface area contributed by atoms with Gasteiger partial charge in [-0.05, 0) is 37.5 Å². The number of anilines is 1. The van der Waals surface area contributed by atoms with E-state index in [1.165, 1.54) is 0 Å². The van der Waals surface area contributed by atoms with E-state index in [-0.39, 0.29) is 5.91 Å². The minimum Gasteiger partial charge on any atom is -0.368 e. The number of halogens is 1. The van der Waals surface area contributed by atoms with Crippen molar-refractivity contribution in [2.45, 2.75) is 25.4 Å². The molecule has 1 amide bonds. The molecule has 94 valence electrons. The standard InChI is InChI=1S/C13H13ClN2O2/c14-10-5-4-9(8-15)11(7-10)16-13(17)12-3-1-2-6-18-12/h4-5,7,12H,1-3,6H2,(H,16,17). The fraction of sp³-hybridized carbons (Fsp3) is 0.385. The summed E-state index contributed by atoms with van der Waals surface area (Å²) in [6.45, 7) is 0.610. The smallest absolute Gasteiger partial charge is 0.253 e. The Morgan fingerprint density at radius 1 is 1.50 bits per heavy atom. The normalized spacial score (nSPS) is 19.0. The van der Waals surface area contributed by atoms with Crippen LogP contribution in [0.4, 0.5) is 5.69 Å². The summed E-state index contributed by atoms with van der Waals surface area (Å²) in [5, 5.41) is 12.1. The summed E-state index contributed by atoms with van der Waals surface area (Å²) < 4.78 is 5.39. The summed E-state index contributed by atoms with van der Waals surface area (Å²) in [7, 11) is 0. The Labute approximate surface area is 111 Å². The first-order chi connectivity index (χ1) is 8.70. The van der Waals surface area contributed by atoms with Crippen LogP contribution in [0.2, 0.25) is 5.02 Å². The lowest BCUT2D eigenvalue weighted by molar-refractivity contribution is -0.129. The van der Waals surface area contributed by atoms with E-state index in [0.29, 0.717) is 29.3 Å². The second kappa shape index (κ2) is 5.85. The van der Waals surface area contributed by atoms with Gasteiger partial charge in [0.15, 0.2) is 0 Å². The summed E-state index contributed by atoms with van der Waals surface area (Å²) in [4.78, 5) is 12.0. The Bertz CT molecular complexity index is 490. The second-order valence-corrected chi connectivity index (χ2v) is 4.58. The van der Waals surface area contributed by atoms with Crippen molar-refractivity contribution in [2.75, 3.05) is 11.9 Å². The van der Waals surface area contributed by atoms with Crippen LogP contribution in [0.15, 0.2) is 18.2 Å². The van der Waals surface area contributed by atoms with Crippen LogP contribution in [-0.2, 0) is 9.53 Å². The molecule has 1 unspecified atom stereocenters. The molecule has 0 radical (unpaired) electrons. The molecule has 4 nitrogen and oxygen atoms in total. The van der Waals surface area contributed by atoms with Gasteiger partial charge in [-0.3, -0.25) is 4.79 Å². The zero-order valence-corrected chi connectivity index (χ0v) is 10.5. The van der Waals surface area contributed by atoms with E-state index in [1.807, 2.05) is 6.07 Å². The average molecular weight is 265 g/mol. The number of benzene rings is 1. The maximum Gasteiger partial charge on any atom is 0.253 e. The van der Waals surface area contributed by atoms with E-state index >= 15 is 0 Å². The summed E-state index contributed by atoms with van der Waals surface area (Å²) in [5.41, 5.74) is 0.827. The van der Waals surface area contributed by atoms with Crippen molar-refractivity contribution in [3.8, 4) is 6.07 Å². The Hall–Kier alpha value is -1.57. The lowest BCUT2D eigenvalue weighted by Gasteiger charge is -2.21. The van der Waals surface area contributed by atoms with Crippen molar-refractivity contribution in [3.63, 3.8) is 0 Å². The van der Waals surface area contributed by atoms with Crippen LogP contribution in [0.1, 0.15) is 24.8 Å². The molecular formula is C13H13ClN2O2. The van der Waals surface area contributed by atoms with Crippen LogP contribution < -0.4 is 5.32 Å². The van der Waals surface area contributed by atoms with E-state index in [2.05, 4.69) is 5.32 Å². The Morgan fingerprint density at radius 3 is 3.00 bits per heavy atom. The molecule has 1 fully saturated rings. The lowest BCUT2D eigenvalue weighted by atomic mass is 10.1. The Balaban J connectivity index is 2.11. The van der Waals surface area contributed by atoms with Crippen molar-refractivity contribution in [1.82, 2.24) is 0 Å². The Kier molecular flexibility index (Phi) is 4.19. The fourth-order valence-electron chi connectivity index (χ4n) is 1.88. The topological polar surface area (TPSA) is 62.1 Å². The first-order valence-electron chi connectivity index (χ1n) is 5.83. The molecular weight excluding hydrogens is 252 g/mol. The third-order valence-electron chi connectivity index (χ3n) is 2.83. The van der Waals surface area contributed by atoms with Gasteiger partial charge in [-0.1, -0.05) is 11.6 Å². The third kappa shape index (κ3) is 3.00. The molecule has 1 atom stereocenters. The molecule has 0 saturated carbocycles. The third-order valence-corrected chi connectivity index (χ3v) is 3.07. The number of hydrogen-bond acceptors (Lipinski definition) is 3. The van der Waals surface area contributed by atoms with E-state index in [4.69, 9.17) is 21.6 Å². The lowest BCUT2D eigenvalue weighted by Crippen LogP contribution is -2.33. The number of carbonyl (C=O) groups is 1. The van der Waals surface area contributed by atoms with Gasteiger partial charge in [0.2, 0.25) is 0 Å². The number of rotatable bonds is 2. The van der Waals surface area contributed by atoms with Gasteiger partial charge >= 0.3 is 0 Å². The van der Waals surface area contributed by atoms with E-state index < -0.39 is 6.10 Å². The minimum atomic E-state index is -0.427. The molecule has 1 aromatic rings. The highest BCUT2D eigenvalue weighted by molar-refractivity contribution is 6.31. The number of amides is 1. The minimum absolute atomic E-state index is 0.214. The van der Waals surface area contributed by atoms with Crippen LogP contribution in [0, 0.1) is 11.3 Å². The largest absolute Gasteiger partial charge is 0.368 e. The van der Waals surface area contributed by atoms with Gasteiger partial charge in [0.1, 0.15) is 12.2 Å². The highest BCUT2D eigenvalue weighted by atomic mass is 35.5. The molecule has 1 saturated heterocycles. The molecule has 1 heterocycles. The van der Waals surface area contributed by atoms with Gasteiger partial charge < -0.3 is 10.1 Å². The van der Waals surface area contributed by atoms with Gasteiger partial charge in [0.05, 0.1) is 11.3 Å². The Morgan fingerprint density at radius 2 is 2.33 bits per heavy atom. The second-order valence-electron chi connectivity index (χ2n) is 4.15. The van der Waals surface area contributed by atoms with Crippen LogP contribution in [-0.4, -0.2) is 18.6 Å². The van der Waals surface area contributed by atoms with E-state index in [1.54, 1.807) is 18.2 Å². The maximum absolute atomic E-state index is 12.0. The number of nitriles is 1. The predicted octanol–water partition coefficient (Wildman–Crippen LogP) is 2.72. The molecule has 2 rings (SSSR count). The molecule has 0 spiro atoms. The zero-order chi connectivity index (χ0) is 13.0. The van der Waals surface area contributed by atoms with Crippen molar-refractivity contribution >= 4 is 23.2 Å². The van der Waals surface area contributed by atoms with Crippen molar-refractivity contribution < 1.29 is 9.53 Å². The number of nitrogens with one attached hydrogen (secondary N) is 1. The highest BCUT2D eigenvalue weighted by Crippen LogP contribution is 2.22. The number of hydrogen-bond donors (Lipinski definition) is 1. The monoisotopic (exact) mass is 264 g/mol. The highest BCUT2D eigenvalue weighted by Gasteiger charge is 2.22. The van der Waals surface area contributed by atoms with Crippen LogP contribution in [0.5, 0.6) is 0 Å². The summed E-state index contributed by atoms with van der Waals surface area (Å²) >= 11 is 5.85. The molecule has 5 heteroatoms. The van der Waals surface area contributed by atoms with Crippen LogP contribution >= 0.6 is 11.6 Å². The molecule has 0 bridgehead atoms. The number of carbonyl (C=O) groups excluding carboxylic acids is 1. The molecule has 1 aliphatic heterocycles. The fourth-order valence-corrected chi connectivity index (χ4v) is 2.05.